The second-order valence-electron chi connectivity index (χ2n) is 8.96. The summed E-state index contributed by atoms with van der Waals surface area (Å²) in [6.45, 7) is 1.39. The fourth-order valence-electron chi connectivity index (χ4n) is 4.12. The van der Waals surface area contributed by atoms with Gasteiger partial charge >= 0.3 is 5.97 Å². The molecule has 0 aromatic heterocycles. The SMILES string of the molecule is O=C(O)CCc1ccc(OCCCOc2ccc(-c3ccccc3)cc2)cc1CNC(O)c1ccccc1. The Labute approximate surface area is 223 Å². The summed E-state index contributed by atoms with van der Waals surface area (Å²) in [6, 6.07) is 33.3. The Bertz CT molecular complexity index is 1280. The van der Waals surface area contributed by atoms with E-state index in [0.717, 1.165) is 28.0 Å². The molecule has 0 heterocycles. The van der Waals surface area contributed by atoms with E-state index in [1.165, 1.54) is 5.56 Å². The maximum Gasteiger partial charge on any atom is 0.303 e. The number of aliphatic carboxylic acids is 1. The molecule has 38 heavy (non-hydrogen) atoms. The third-order valence-electron chi connectivity index (χ3n) is 6.17. The second kappa shape index (κ2) is 14.0. The molecule has 6 nitrogen and oxygen atoms in total. The monoisotopic (exact) mass is 511 g/mol. The number of aliphatic hydroxyl groups is 1. The van der Waals surface area contributed by atoms with Crippen LogP contribution in [0.15, 0.2) is 103 Å². The minimum absolute atomic E-state index is 0.0398. The summed E-state index contributed by atoms with van der Waals surface area (Å²) in [5.41, 5.74) is 4.89. The first kappa shape index (κ1) is 26.9. The normalized spacial score (nSPS) is 11.6. The van der Waals surface area contributed by atoms with E-state index in [4.69, 9.17) is 14.6 Å². The minimum atomic E-state index is -0.844. The lowest BCUT2D eigenvalue weighted by Gasteiger charge is -2.17. The van der Waals surface area contributed by atoms with Gasteiger partial charge in [0.25, 0.3) is 0 Å². The topological polar surface area (TPSA) is 88.0 Å². The largest absolute Gasteiger partial charge is 0.493 e. The van der Waals surface area contributed by atoms with E-state index in [0.29, 0.717) is 38.3 Å². The van der Waals surface area contributed by atoms with E-state index >= 15 is 0 Å². The summed E-state index contributed by atoms with van der Waals surface area (Å²) in [5.74, 6) is 0.670. The van der Waals surface area contributed by atoms with Crippen molar-refractivity contribution >= 4 is 5.97 Å². The molecule has 0 saturated carbocycles. The van der Waals surface area contributed by atoms with Crippen molar-refractivity contribution in [1.29, 1.82) is 0 Å². The summed E-state index contributed by atoms with van der Waals surface area (Å²) >= 11 is 0. The molecule has 0 aliphatic rings. The molecule has 196 valence electrons. The van der Waals surface area contributed by atoms with Crippen LogP contribution in [-0.2, 0) is 17.8 Å². The first-order valence-corrected chi connectivity index (χ1v) is 12.8. The standard InChI is InChI=1S/C32H33NO5/c34-31(35)19-15-26-14-18-30(22-28(26)23-33-32(36)27-10-5-2-6-11-27)38-21-7-20-37-29-16-12-25(13-17-29)24-8-3-1-4-9-24/h1-6,8-14,16-18,22,32-33,36H,7,15,19-21,23H2,(H,34,35). The number of ether oxygens (including phenoxy) is 2. The number of aliphatic hydroxyl groups excluding tert-OH is 1. The van der Waals surface area contributed by atoms with Crippen molar-refractivity contribution in [2.75, 3.05) is 13.2 Å². The number of carbonyl (C=O) groups is 1. The van der Waals surface area contributed by atoms with Crippen molar-refractivity contribution in [3.05, 3.63) is 120 Å². The van der Waals surface area contributed by atoms with Gasteiger partial charge in [-0.3, -0.25) is 10.1 Å². The molecule has 0 aliphatic carbocycles. The quantitative estimate of drug-likeness (QED) is 0.142. The van der Waals surface area contributed by atoms with E-state index in [2.05, 4.69) is 29.6 Å². The lowest BCUT2D eigenvalue weighted by atomic mass is 10.0. The number of nitrogens with one attached hydrogen (secondary N) is 1. The van der Waals surface area contributed by atoms with Gasteiger partial charge in [0.05, 0.1) is 13.2 Å². The molecule has 4 aromatic carbocycles. The number of benzene rings is 4. The Morgan fingerprint density at radius 1 is 0.737 bits per heavy atom. The van der Waals surface area contributed by atoms with Gasteiger partial charge < -0.3 is 19.7 Å². The highest BCUT2D eigenvalue weighted by molar-refractivity contribution is 5.67. The molecule has 0 spiro atoms. The van der Waals surface area contributed by atoms with E-state index in [1.54, 1.807) is 0 Å². The van der Waals surface area contributed by atoms with Crippen molar-refractivity contribution in [1.82, 2.24) is 5.32 Å². The average Bonchev–Trinajstić information content (AvgIpc) is 2.96. The van der Waals surface area contributed by atoms with Crippen LogP contribution in [0.1, 0.15) is 35.8 Å². The summed E-state index contributed by atoms with van der Waals surface area (Å²) in [7, 11) is 0. The lowest BCUT2D eigenvalue weighted by Crippen LogP contribution is -2.21. The van der Waals surface area contributed by atoms with Crippen LogP contribution in [0.25, 0.3) is 11.1 Å². The van der Waals surface area contributed by atoms with Crippen LogP contribution >= 0.6 is 0 Å². The van der Waals surface area contributed by atoms with E-state index in [-0.39, 0.29) is 6.42 Å². The van der Waals surface area contributed by atoms with Crippen LogP contribution < -0.4 is 14.8 Å². The average molecular weight is 512 g/mol. The number of hydrogen-bond acceptors (Lipinski definition) is 5. The molecule has 6 heteroatoms. The number of aryl methyl sites for hydroxylation is 1. The molecule has 0 bridgehead atoms. The molecule has 3 N–H and O–H groups in total. The maximum absolute atomic E-state index is 11.1. The zero-order valence-corrected chi connectivity index (χ0v) is 21.3. The van der Waals surface area contributed by atoms with Crippen molar-refractivity contribution in [3.8, 4) is 22.6 Å². The van der Waals surface area contributed by atoms with Crippen LogP contribution in [0.4, 0.5) is 0 Å². The molecule has 0 aliphatic heterocycles. The molecule has 4 aromatic rings. The zero-order valence-electron chi connectivity index (χ0n) is 21.3. The van der Waals surface area contributed by atoms with Gasteiger partial charge in [0, 0.05) is 19.4 Å². The van der Waals surface area contributed by atoms with Gasteiger partial charge in [-0.05, 0) is 58.5 Å². The molecular formula is C32H33NO5. The third kappa shape index (κ3) is 8.20. The first-order chi connectivity index (χ1) is 18.6. The van der Waals surface area contributed by atoms with E-state index in [1.807, 2.05) is 78.9 Å². The van der Waals surface area contributed by atoms with E-state index in [9.17, 15) is 9.90 Å². The second-order valence-corrected chi connectivity index (χ2v) is 8.96. The summed E-state index contributed by atoms with van der Waals surface area (Å²) in [4.78, 5) is 11.1. The number of hydrogen-bond donors (Lipinski definition) is 3. The van der Waals surface area contributed by atoms with Crippen LogP contribution in [0.2, 0.25) is 0 Å². The van der Waals surface area contributed by atoms with Crippen LogP contribution in [0.3, 0.4) is 0 Å². The zero-order chi connectivity index (χ0) is 26.6. The fourth-order valence-corrected chi connectivity index (χ4v) is 4.12. The third-order valence-corrected chi connectivity index (χ3v) is 6.17. The molecule has 0 amide bonds. The Balaban J connectivity index is 1.27. The molecule has 1 atom stereocenters. The molecule has 0 radical (unpaired) electrons. The summed E-state index contributed by atoms with van der Waals surface area (Å²) in [6.07, 6.45) is 0.330. The highest BCUT2D eigenvalue weighted by Crippen LogP contribution is 2.23. The molecular weight excluding hydrogens is 478 g/mol. The molecule has 4 rings (SSSR count). The van der Waals surface area contributed by atoms with Gasteiger partial charge in [-0.25, -0.2) is 0 Å². The van der Waals surface area contributed by atoms with E-state index < -0.39 is 12.2 Å². The highest BCUT2D eigenvalue weighted by atomic mass is 16.5. The number of carboxylic acids is 1. The number of rotatable bonds is 14. The van der Waals surface area contributed by atoms with Crippen molar-refractivity contribution < 1.29 is 24.5 Å². The van der Waals surface area contributed by atoms with Gasteiger partial charge in [-0.2, -0.15) is 0 Å². The Morgan fingerprint density at radius 3 is 2.03 bits per heavy atom. The molecule has 0 saturated heterocycles. The van der Waals surface area contributed by atoms with Gasteiger partial charge in [-0.1, -0.05) is 78.9 Å². The van der Waals surface area contributed by atoms with Gasteiger partial charge in [0.15, 0.2) is 0 Å². The Hall–Kier alpha value is -4.13. The Kier molecular flexibility index (Phi) is 9.90. The maximum atomic E-state index is 11.1. The molecule has 1 unspecified atom stereocenters. The Morgan fingerprint density at radius 2 is 1.34 bits per heavy atom. The number of carboxylic acid groups (broad SMARTS) is 1. The summed E-state index contributed by atoms with van der Waals surface area (Å²) in [5, 5.41) is 22.7. The van der Waals surface area contributed by atoms with Gasteiger partial charge in [0.2, 0.25) is 0 Å². The highest BCUT2D eigenvalue weighted by Gasteiger charge is 2.11. The van der Waals surface area contributed by atoms with Crippen molar-refractivity contribution in [2.45, 2.75) is 32.0 Å². The van der Waals surface area contributed by atoms with Crippen LogP contribution in [-0.4, -0.2) is 29.4 Å². The lowest BCUT2D eigenvalue weighted by molar-refractivity contribution is -0.136. The molecule has 0 fully saturated rings. The fraction of sp³-hybridized carbons (Fsp3) is 0.219. The minimum Gasteiger partial charge on any atom is -0.493 e. The van der Waals surface area contributed by atoms with Crippen molar-refractivity contribution in [3.63, 3.8) is 0 Å². The van der Waals surface area contributed by atoms with Gasteiger partial charge in [-0.15, -0.1) is 0 Å². The predicted octanol–water partition coefficient (Wildman–Crippen LogP) is 6.00. The smallest absolute Gasteiger partial charge is 0.303 e. The van der Waals surface area contributed by atoms with Crippen LogP contribution in [0.5, 0.6) is 11.5 Å². The van der Waals surface area contributed by atoms with Crippen LogP contribution in [0, 0.1) is 0 Å². The first-order valence-electron chi connectivity index (χ1n) is 12.8. The summed E-state index contributed by atoms with van der Waals surface area (Å²) < 4.78 is 11.8. The predicted molar refractivity (Wildman–Crippen MR) is 148 cm³/mol. The van der Waals surface area contributed by atoms with Gasteiger partial charge in [0.1, 0.15) is 17.7 Å². The van der Waals surface area contributed by atoms with Crippen molar-refractivity contribution in [2.24, 2.45) is 0 Å².